The molecule has 5 heteroatoms. The van der Waals surface area contributed by atoms with Crippen molar-refractivity contribution in [2.45, 2.75) is 6.92 Å². The zero-order chi connectivity index (χ0) is 15.9. The average molecular weight is 295 g/mol. The summed E-state index contributed by atoms with van der Waals surface area (Å²) >= 11 is 0. The summed E-state index contributed by atoms with van der Waals surface area (Å²) in [6.45, 7) is 1.43. The fourth-order valence-corrected chi connectivity index (χ4v) is 2.53. The molecule has 1 heterocycles. The molecule has 1 aliphatic rings. The second kappa shape index (κ2) is 5.11. The third-order valence-electron chi connectivity index (χ3n) is 3.62. The zero-order valence-corrected chi connectivity index (χ0v) is 12.1. The van der Waals surface area contributed by atoms with Crippen LogP contribution in [0.15, 0.2) is 42.5 Å². The molecule has 5 nitrogen and oxygen atoms in total. The minimum atomic E-state index is -0.377. The number of fused-ring (bicyclic) bond motifs is 1. The number of nitrogens with zero attached hydrogens (tertiary/aromatic N) is 1. The standard InChI is InChI=1S/C17H13NO4/c1-10(19)12-8-7-11(9-15(12)22-2)18-16(20)13-5-3-4-6-14(13)17(18)21/h3-9H,1-2H3. The number of amides is 2. The number of hydrogen-bond acceptors (Lipinski definition) is 4. The highest BCUT2D eigenvalue weighted by Crippen LogP contribution is 2.32. The minimum absolute atomic E-state index is 0.147. The van der Waals surface area contributed by atoms with Gasteiger partial charge in [-0.15, -0.1) is 0 Å². The molecule has 0 saturated carbocycles. The lowest BCUT2D eigenvalue weighted by Gasteiger charge is -2.16. The molecular weight excluding hydrogens is 282 g/mol. The van der Waals surface area contributed by atoms with Gasteiger partial charge < -0.3 is 4.74 Å². The topological polar surface area (TPSA) is 63.7 Å². The molecule has 0 spiro atoms. The predicted molar refractivity (Wildman–Crippen MR) is 80.6 cm³/mol. The van der Waals surface area contributed by atoms with Crippen LogP contribution in [0.1, 0.15) is 38.0 Å². The number of carbonyl (C=O) groups excluding carboxylic acids is 3. The quantitative estimate of drug-likeness (QED) is 0.645. The number of rotatable bonds is 3. The van der Waals surface area contributed by atoms with Gasteiger partial charge in [-0.2, -0.15) is 0 Å². The summed E-state index contributed by atoms with van der Waals surface area (Å²) < 4.78 is 5.18. The lowest BCUT2D eigenvalue weighted by atomic mass is 10.1. The molecule has 0 unspecified atom stereocenters. The molecule has 1 aliphatic heterocycles. The number of ketones is 1. The molecule has 0 atom stereocenters. The van der Waals surface area contributed by atoms with Gasteiger partial charge >= 0.3 is 0 Å². The summed E-state index contributed by atoms with van der Waals surface area (Å²) in [7, 11) is 1.44. The van der Waals surface area contributed by atoms with Crippen molar-refractivity contribution in [2.24, 2.45) is 0 Å². The van der Waals surface area contributed by atoms with Crippen LogP contribution >= 0.6 is 0 Å². The van der Waals surface area contributed by atoms with E-state index in [0.29, 0.717) is 28.1 Å². The van der Waals surface area contributed by atoms with Gasteiger partial charge in [-0.3, -0.25) is 14.4 Å². The van der Waals surface area contributed by atoms with Gasteiger partial charge in [-0.05, 0) is 31.2 Å². The Bertz CT molecular complexity index is 775. The van der Waals surface area contributed by atoms with Crippen LogP contribution in [0.4, 0.5) is 5.69 Å². The Kier molecular flexibility index (Phi) is 3.25. The maximum Gasteiger partial charge on any atom is 0.266 e. The molecule has 2 amide bonds. The van der Waals surface area contributed by atoms with Crippen LogP contribution in [0.3, 0.4) is 0 Å². The lowest BCUT2D eigenvalue weighted by Crippen LogP contribution is -2.29. The first kappa shape index (κ1) is 14.0. The smallest absolute Gasteiger partial charge is 0.266 e. The maximum absolute atomic E-state index is 12.4. The summed E-state index contributed by atoms with van der Waals surface area (Å²) in [5, 5.41) is 0. The molecule has 0 saturated heterocycles. The SMILES string of the molecule is COc1cc(N2C(=O)c3ccccc3C2=O)ccc1C(C)=O. The monoisotopic (exact) mass is 295 g/mol. The predicted octanol–water partition coefficient (Wildman–Crippen LogP) is 2.70. The second-order valence-electron chi connectivity index (χ2n) is 4.93. The summed E-state index contributed by atoms with van der Waals surface area (Å²) in [5.41, 5.74) is 1.54. The van der Waals surface area contributed by atoms with Crippen molar-refractivity contribution in [3.8, 4) is 5.75 Å². The van der Waals surface area contributed by atoms with E-state index < -0.39 is 0 Å². The van der Waals surface area contributed by atoms with E-state index in [1.807, 2.05) is 0 Å². The van der Waals surface area contributed by atoms with Gasteiger partial charge in [-0.25, -0.2) is 4.90 Å². The van der Waals surface area contributed by atoms with Gasteiger partial charge in [0.2, 0.25) is 0 Å². The van der Waals surface area contributed by atoms with E-state index >= 15 is 0 Å². The van der Waals surface area contributed by atoms with Crippen molar-refractivity contribution in [3.05, 3.63) is 59.2 Å². The summed E-state index contributed by atoms with van der Waals surface area (Å²) in [6.07, 6.45) is 0. The number of carbonyl (C=O) groups is 3. The highest BCUT2D eigenvalue weighted by molar-refractivity contribution is 6.34. The molecule has 22 heavy (non-hydrogen) atoms. The van der Waals surface area contributed by atoms with Crippen molar-refractivity contribution >= 4 is 23.3 Å². The van der Waals surface area contributed by atoms with Crippen molar-refractivity contribution in [2.75, 3.05) is 12.0 Å². The maximum atomic E-state index is 12.4. The molecule has 0 aliphatic carbocycles. The Balaban J connectivity index is 2.08. The normalized spacial score (nSPS) is 13.3. The third-order valence-corrected chi connectivity index (χ3v) is 3.62. The molecule has 0 N–H and O–H groups in total. The average Bonchev–Trinajstić information content (AvgIpc) is 2.78. The molecule has 0 bridgehead atoms. The number of hydrogen-bond donors (Lipinski definition) is 0. The van der Waals surface area contributed by atoms with Gasteiger partial charge in [0.05, 0.1) is 29.5 Å². The molecule has 0 radical (unpaired) electrons. The Morgan fingerprint density at radius 2 is 1.59 bits per heavy atom. The number of imide groups is 1. The fourth-order valence-electron chi connectivity index (χ4n) is 2.53. The first-order valence-corrected chi connectivity index (χ1v) is 6.71. The molecular formula is C17H13NO4. The van der Waals surface area contributed by atoms with E-state index in [9.17, 15) is 14.4 Å². The van der Waals surface area contributed by atoms with E-state index in [2.05, 4.69) is 0 Å². The van der Waals surface area contributed by atoms with Crippen molar-refractivity contribution in [1.29, 1.82) is 0 Å². The third kappa shape index (κ3) is 1.98. The number of anilines is 1. The van der Waals surface area contributed by atoms with Crippen LogP contribution in [-0.4, -0.2) is 24.7 Å². The first-order chi connectivity index (χ1) is 10.5. The van der Waals surface area contributed by atoms with E-state index in [4.69, 9.17) is 4.74 Å². The van der Waals surface area contributed by atoms with E-state index in [1.54, 1.807) is 36.4 Å². The zero-order valence-electron chi connectivity index (χ0n) is 12.1. The Morgan fingerprint density at radius 3 is 2.09 bits per heavy atom. The van der Waals surface area contributed by atoms with E-state index in [1.165, 1.54) is 20.1 Å². The number of Topliss-reactive ketones (excluding diaryl/α,β-unsaturated/α-hetero) is 1. The lowest BCUT2D eigenvalue weighted by molar-refractivity contribution is 0.0925. The summed E-state index contributed by atoms with van der Waals surface area (Å²) in [6, 6.07) is 11.3. The van der Waals surface area contributed by atoms with Crippen LogP contribution in [0.5, 0.6) is 5.75 Å². The number of methoxy groups -OCH3 is 1. The van der Waals surface area contributed by atoms with Crippen LogP contribution in [0.2, 0.25) is 0 Å². The first-order valence-electron chi connectivity index (χ1n) is 6.71. The number of ether oxygens (including phenoxy) is 1. The Hall–Kier alpha value is -2.95. The molecule has 3 rings (SSSR count). The fraction of sp³-hybridized carbons (Fsp3) is 0.118. The van der Waals surface area contributed by atoms with Crippen LogP contribution in [0.25, 0.3) is 0 Å². The molecule has 2 aromatic rings. The van der Waals surface area contributed by atoms with Crippen LogP contribution < -0.4 is 9.64 Å². The highest BCUT2D eigenvalue weighted by Gasteiger charge is 2.36. The van der Waals surface area contributed by atoms with E-state index in [-0.39, 0.29) is 17.6 Å². The van der Waals surface area contributed by atoms with Crippen molar-refractivity contribution in [1.82, 2.24) is 0 Å². The van der Waals surface area contributed by atoms with Gasteiger partial charge in [-0.1, -0.05) is 12.1 Å². The molecule has 2 aromatic carbocycles. The summed E-state index contributed by atoms with van der Waals surface area (Å²) in [4.78, 5) is 37.5. The second-order valence-corrected chi connectivity index (χ2v) is 4.93. The van der Waals surface area contributed by atoms with Gasteiger partial charge in [0.1, 0.15) is 5.75 Å². The van der Waals surface area contributed by atoms with E-state index in [0.717, 1.165) is 4.90 Å². The van der Waals surface area contributed by atoms with Gasteiger partial charge in [0, 0.05) is 6.07 Å². The van der Waals surface area contributed by atoms with Crippen LogP contribution in [-0.2, 0) is 0 Å². The van der Waals surface area contributed by atoms with Crippen molar-refractivity contribution < 1.29 is 19.1 Å². The summed E-state index contributed by atoms with van der Waals surface area (Å²) in [5.74, 6) is -0.566. The van der Waals surface area contributed by atoms with Crippen LogP contribution in [0, 0.1) is 0 Å². The molecule has 110 valence electrons. The molecule has 0 aromatic heterocycles. The minimum Gasteiger partial charge on any atom is -0.496 e. The van der Waals surface area contributed by atoms with Gasteiger partial charge in [0.25, 0.3) is 11.8 Å². The highest BCUT2D eigenvalue weighted by atomic mass is 16.5. The van der Waals surface area contributed by atoms with Gasteiger partial charge in [0.15, 0.2) is 5.78 Å². The molecule has 0 fully saturated rings. The Morgan fingerprint density at radius 1 is 1.00 bits per heavy atom. The largest absolute Gasteiger partial charge is 0.496 e. The van der Waals surface area contributed by atoms with Crippen molar-refractivity contribution in [3.63, 3.8) is 0 Å². The number of benzene rings is 2. The Labute approximate surface area is 127 Å².